The molecule has 1 aliphatic carbocycles. The van der Waals surface area contributed by atoms with Gasteiger partial charge in [0.1, 0.15) is 5.56 Å². The highest BCUT2D eigenvalue weighted by atomic mass is 16.5. The molecule has 21 heavy (non-hydrogen) atoms. The zero-order valence-electron chi connectivity index (χ0n) is 12.1. The first kappa shape index (κ1) is 15.3. The number of rotatable bonds is 4. The van der Waals surface area contributed by atoms with Crippen LogP contribution in [0.15, 0.2) is 23.1 Å². The lowest BCUT2D eigenvalue weighted by atomic mass is 9.86. The minimum absolute atomic E-state index is 0.101. The number of carbonyl (C=O) groups excluding carboxylic acids is 2. The monoisotopic (exact) mass is 292 g/mol. The van der Waals surface area contributed by atoms with Crippen molar-refractivity contribution in [2.75, 3.05) is 6.61 Å². The molecule has 0 aliphatic heterocycles. The highest BCUT2D eigenvalue weighted by Crippen LogP contribution is 2.23. The molecule has 114 valence electrons. The molecule has 0 saturated heterocycles. The Morgan fingerprint density at radius 3 is 2.86 bits per heavy atom. The topological polar surface area (TPSA) is 88.3 Å². The Kier molecular flexibility index (Phi) is 5.14. The van der Waals surface area contributed by atoms with Gasteiger partial charge in [0, 0.05) is 12.2 Å². The van der Waals surface area contributed by atoms with Crippen LogP contribution in [0.3, 0.4) is 0 Å². The summed E-state index contributed by atoms with van der Waals surface area (Å²) in [5.74, 6) is -0.673. The molecule has 1 amide bonds. The zero-order valence-corrected chi connectivity index (χ0v) is 12.1. The number of ether oxygens (including phenoxy) is 1. The molecule has 0 unspecified atom stereocenters. The van der Waals surface area contributed by atoms with Crippen molar-refractivity contribution < 1.29 is 14.3 Å². The standard InChI is InChI=1S/C15H20N2O4/c1-10-5-2-3-7-12(10)17-13(18)9-21-15(20)11-6-4-8-16-14(11)19/h4,6,8,10,12H,2-3,5,7,9H2,1H3,(H,16,19)(H,17,18)/t10-,12+/m0/s1. The highest BCUT2D eigenvalue weighted by Gasteiger charge is 2.23. The summed E-state index contributed by atoms with van der Waals surface area (Å²) < 4.78 is 4.88. The zero-order chi connectivity index (χ0) is 15.2. The van der Waals surface area contributed by atoms with Gasteiger partial charge in [0.05, 0.1) is 0 Å². The van der Waals surface area contributed by atoms with Gasteiger partial charge in [-0.25, -0.2) is 4.79 Å². The number of aromatic amines is 1. The fourth-order valence-electron chi connectivity index (χ4n) is 2.57. The molecule has 1 saturated carbocycles. The van der Waals surface area contributed by atoms with E-state index < -0.39 is 11.5 Å². The molecule has 2 atom stereocenters. The number of hydrogen-bond acceptors (Lipinski definition) is 4. The number of carbonyl (C=O) groups is 2. The van der Waals surface area contributed by atoms with Crippen molar-refractivity contribution in [3.05, 3.63) is 34.2 Å². The smallest absolute Gasteiger partial charge is 0.344 e. The Morgan fingerprint density at radius 1 is 1.38 bits per heavy atom. The van der Waals surface area contributed by atoms with Gasteiger partial charge in [-0.15, -0.1) is 0 Å². The van der Waals surface area contributed by atoms with E-state index in [1.165, 1.54) is 24.8 Å². The Balaban J connectivity index is 1.82. The van der Waals surface area contributed by atoms with Crippen LogP contribution in [-0.2, 0) is 9.53 Å². The molecular weight excluding hydrogens is 272 g/mol. The van der Waals surface area contributed by atoms with E-state index in [4.69, 9.17) is 4.74 Å². The maximum absolute atomic E-state index is 11.8. The molecule has 6 nitrogen and oxygen atoms in total. The Labute approximate surface area is 122 Å². The summed E-state index contributed by atoms with van der Waals surface area (Å²) in [4.78, 5) is 37.3. The van der Waals surface area contributed by atoms with Crippen molar-refractivity contribution >= 4 is 11.9 Å². The second-order valence-corrected chi connectivity index (χ2v) is 5.42. The quantitative estimate of drug-likeness (QED) is 0.817. The summed E-state index contributed by atoms with van der Waals surface area (Å²) in [5, 5.41) is 2.89. The molecule has 0 radical (unpaired) electrons. The highest BCUT2D eigenvalue weighted by molar-refractivity contribution is 5.90. The van der Waals surface area contributed by atoms with E-state index in [9.17, 15) is 14.4 Å². The molecule has 2 rings (SSSR count). The number of H-pyrrole nitrogens is 1. The predicted molar refractivity (Wildman–Crippen MR) is 76.9 cm³/mol. The van der Waals surface area contributed by atoms with Gasteiger partial charge in [-0.05, 0) is 30.9 Å². The van der Waals surface area contributed by atoms with E-state index in [0.717, 1.165) is 19.3 Å². The number of hydrogen-bond donors (Lipinski definition) is 2. The van der Waals surface area contributed by atoms with Crippen molar-refractivity contribution in [1.82, 2.24) is 10.3 Å². The predicted octanol–water partition coefficient (Wildman–Crippen LogP) is 1.23. The number of esters is 1. The summed E-state index contributed by atoms with van der Waals surface area (Å²) in [6, 6.07) is 3.04. The lowest BCUT2D eigenvalue weighted by Gasteiger charge is -2.29. The molecule has 1 aromatic heterocycles. The lowest BCUT2D eigenvalue weighted by molar-refractivity contribution is -0.125. The van der Waals surface area contributed by atoms with Crippen LogP contribution >= 0.6 is 0 Å². The van der Waals surface area contributed by atoms with Crippen molar-refractivity contribution in [1.29, 1.82) is 0 Å². The number of aromatic nitrogens is 1. The van der Waals surface area contributed by atoms with E-state index >= 15 is 0 Å². The maximum atomic E-state index is 11.8. The van der Waals surface area contributed by atoms with Crippen LogP contribution in [0.5, 0.6) is 0 Å². The van der Waals surface area contributed by atoms with E-state index in [-0.39, 0.29) is 24.1 Å². The molecule has 2 N–H and O–H groups in total. The largest absolute Gasteiger partial charge is 0.452 e. The van der Waals surface area contributed by atoms with Gasteiger partial charge in [0.15, 0.2) is 6.61 Å². The van der Waals surface area contributed by atoms with Crippen LogP contribution in [0.1, 0.15) is 43.0 Å². The summed E-state index contributed by atoms with van der Waals surface area (Å²) >= 11 is 0. The average molecular weight is 292 g/mol. The molecule has 0 aromatic carbocycles. The van der Waals surface area contributed by atoms with Crippen molar-refractivity contribution in [2.45, 2.75) is 38.6 Å². The fourth-order valence-corrected chi connectivity index (χ4v) is 2.57. The van der Waals surface area contributed by atoms with Crippen LogP contribution in [0.2, 0.25) is 0 Å². The fraction of sp³-hybridized carbons (Fsp3) is 0.533. The van der Waals surface area contributed by atoms with Gasteiger partial charge in [-0.1, -0.05) is 19.8 Å². The van der Waals surface area contributed by atoms with Gasteiger partial charge in [0.2, 0.25) is 0 Å². The van der Waals surface area contributed by atoms with E-state index in [1.54, 1.807) is 0 Å². The molecule has 1 aromatic rings. The second kappa shape index (κ2) is 7.06. The molecule has 0 spiro atoms. The maximum Gasteiger partial charge on any atom is 0.344 e. The van der Waals surface area contributed by atoms with E-state index in [2.05, 4.69) is 17.2 Å². The SMILES string of the molecule is C[C@H]1CCCC[C@H]1NC(=O)COC(=O)c1ccc[nH]c1=O. The lowest BCUT2D eigenvalue weighted by Crippen LogP contribution is -2.43. The second-order valence-electron chi connectivity index (χ2n) is 5.42. The van der Waals surface area contributed by atoms with Gasteiger partial charge in [-0.3, -0.25) is 9.59 Å². The van der Waals surface area contributed by atoms with Crippen molar-refractivity contribution in [3.8, 4) is 0 Å². The molecule has 1 heterocycles. The van der Waals surface area contributed by atoms with Crippen LogP contribution in [0.25, 0.3) is 0 Å². The van der Waals surface area contributed by atoms with Gasteiger partial charge in [0.25, 0.3) is 11.5 Å². The van der Waals surface area contributed by atoms with Crippen LogP contribution in [0, 0.1) is 5.92 Å². The summed E-state index contributed by atoms with van der Waals surface area (Å²) in [6.45, 7) is 1.75. The third kappa shape index (κ3) is 4.18. The average Bonchev–Trinajstić information content (AvgIpc) is 2.48. The molecule has 6 heteroatoms. The third-order valence-electron chi connectivity index (χ3n) is 3.83. The van der Waals surface area contributed by atoms with Gasteiger partial charge >= 0.3 is 5.97 Å². The third-order valence-corrected chi connectivity index (χ3v) is 3.83. The summed E-state index contributed by atoms with van der Waals surface area (Å²) in [7, 11) is 0. The van der Waals surface area contributed by atoms with Gasteiger partial charge < -0.3 is 15.0 Å². The Hall–Kier alpha value is -2.11. The first-order valence-corrected chi connectivity index (χ1v) is 7.22. The minimum Gasteiger partial charge on any atom is -0.452 e. The van der Waals surface area contributed by atoms with Crippen LogP contribution in [-0.4, -0.2) is 29.5 Å². The number of nitrogens with one attached hydrogen (secondary N) is 2. The van der Waals surface area contributed by atoms with E-state index in [1.807, 2.05) is 0 Å². The minimum atomic E-state index is -0.788. The number of amides is 1. The van der Waals surface area contributed by atoms with Crippen molar-refractivity contribution in [3.63, 3.8) is 0 Å². The molecule has 1 fully saturated rings. The van der Waals surface area contributed by atoms with Crippen LogP contribution < -0.4 is 10.9 Å². The molecular formula is C15H20N2O4. The Bertz CT molecular complexity index is 567. The first-order valence-electron chi connectivity index (χ1n) is 7.22. The number of pyridine rings is 1. The molecule has 0 bridgehead atoms. The Morgan fingerprint density at radius 2 is 2.14 bits per heavy atom. The van der Waals surface area contributed by atoms with Crippen molar-refractivity contribution in [2.24, 2.45) is 5.92 Å². The normalized spacial score (nSPS) is 21.6. The summed E-state index contributed by atoms with van der Waals surface area (Å²) in [6.07, 6.45) is 5.79. The van der Waals surface area contributed by atoms with Gasteiger partial charge in [-0.2, -0.15) is 0 Å². The molecule has 1 aliphatic rings. The first-order chi connectivity index (χ1) is 10.1. The summed E-state index contributed by atoms with van der Waals surface area (Å²) in [5.41, 5.74) is -0.625. The van der Waals surface area contributed by atoms with E-state index in [0.29, 0.717) is 5.92 Å². The van der Waals surface area contributed by atoms with Crippen LogP contribution in [0.4, 0.5) is 0 Å².